The second kappa shape index (κ2) is 5.72. The fourth-order valence-corrected chi connectivity index (χ4v) is 3.13. The fourth-order valence-electron chi connectivity index (χ4n) is 3.13. The fraction of sp³-hybridized carbons (Fsp3) is 0.316. The molecule has 2 nitrogen and oxygen atoms in total. The number of carbonyl (C=O) groups is 1. The zero-order valence-corrected chi connectivity index (χ0v) is 12.6. The summed E-state index contributed by atoms with van der Waals surface area (Å²) in [5.74, 6) is 0.103. The molecule has 2 aromatic carbocycles. The maximum absolute atomic E-state index is 12.7. The monoisotopic (exact) mass is 279 g/mol. The van der Waals surface area contributed by atoms with Crippen LogP contribution < -0.4 is 5.32 Å². The van der Waals surface area contributed by atoms with Gasteiger partial charge in [0.1, 0.15) is 0 Å². The van der Waals surface area contributed by atoms with Gasteiger partial charge >= 0.3 is 0 Å². The topological polar surface area (TPSA) is 29.1 Å². The molecule has 0 aliphatic heterocycles. The Bertz CT molecular complexity index is 675. The molecule has 0 radical (unpaired) electrons. The highest BCUT2D eigenvalue weighted by Gasteiger charge is 2.26. The molecule has 0 unspecified atom stereocenters. The van der Waals surface area contributed by atoms with Crippen molar-refractivity contribution in [3.63, 3.8) is 0 Å². The number of rotatable bonds is 2. The Balaban J connectivity index is 1.85. The van der Waals surface area contributed by atoms with Crippen molar-refractivity contribution in [2.24, 2.45) is 0 Å². The Morgan fingerprint density at radius 3 is 2.76 bits per heavy atom. The van der Waals surface area contributed by atoms with Crippen LogP contribution in [-0.2, 0) is 11.2 Å². The molecule has 3 rings (SSSR count). The number of anilines is 1. The normalized spacial score (nSPS) is 17.1. The molecule has 0 fully saturated rings. The van der Waals surface area contributed by atoms with Gasteiger partial charge in [-0.1, -0.05) is 36.4 Å². The average molecular weight is 279 g/mol. The smallest absolute Gasteiger partial charge is 0.231 e. The van der Waals surface area contributed by atoms with E-state index in [0.29, 0.717) is 0 Å². The molecule has 0 heterocycles. The molecule has 2 aromatic rings. The van der Waals surface area contributed by atoms with Gasteiger partial charge in [0.05, 0.1) is 5.92 Å². The SMILES string of the molecule is Cc1cccc(NC(=O)[C@H]2CCCc3ccccc32)c1C. The summed E-state index contributed by atoms with van der Waals surface area (Å²) in [4.78, 5) is 12.7. The van der Waals surface area contributed by atoms with Crippen LogP contribution in [-0.4, -0.2) is 5.91 Å². The summed E-state index contributed by atoms with van der Waals surface area (Å²) in [5, 5.41) is 3.12. The third-order valence-electron chi connectivity index (χ3n) is 4.55. The molecular formula is C19H21NO. The van der Waals surface area contributed by atoms with E-state index in [4.69, 9.17) is 0 Å². The number of carbonyl (C=O) groups excluding carboxylic acids is 1. The van der Waals surface area contributed by atoms with Gasteiger partial charge in [0.2, 0.25) is 5.91 Å². The van der Waals surface area contributed by atoms with Crippen LogP contribution in [0.4, 0.5) is 5.69 Å². The van der Waals surface area contributed by atoms with Crippen LogP contribution in [0.1, 0.15) is 41.0 Å². The molecule has 1 atom stereocenters. The minimum Gasteiger partial charge on any atom is -0.325 e. The predicted octanol–water partition coefficient (Wildman–Crippen LogP) is 4.36. The van der Waals surface area contributed by atoms with Gasteiger partial charge in [-0.05, 0) is 61.4 Å². The lowest BCUT2D eigenvalue weighted by Gasteiger charge is -2.25. The highest BCUT2D eigenvalue weighted by molar-refractivity contribution is 5.96. The van der Waals surface area contributed by atoms with Gasteiger partial charge in [0, 0.05) is 5.69 Å². The first kappa shape index (κ1) is 13.9. The zero-order valence-electron chi connectivity index (χ0n) is 12.6. The Kier molecular flexibility index (Phi) is 3.78. The first-order valence-corrected chi connectivity index (χ1v) is 7.61. The van der Waals surface area contributed by atoms with E-state index in [-0.39, 0.29) is 11.8 Å². The van der Waals surface area contributed by atoms with Crippen LogP contribution in [0.25, 0.3) is 0 Å². The number of hydrogen-bond acceptors (Lipinski definition) is 1. The standard InChI is InChI=1S/C19H21NO/c1-13-7-5-12-18(14(13)2)20-19(21)17-11-6-9-15-8-3-4-10-16(15)17/h3-5,7-8,10,12,17H,6,9,11H2,1-2H3,(H,20,21)/t17-/m0/s1. The molecule has 0 spiro atoms. The average Bonchev–Trinajstić information content (AvgIpc) is 2.51. The Morgan fingerprint density at radius 2 is 1.90 bits per heavy atom. The van der Waals surface area contributed by atoms with Crippen LogP contribution in [0.5, 0.6) is 0 Å². The molecule has 1 aliphatic rings. The van der Waals surface area contributed by atoms with E-state index in [1.807, 2.05) is 18.2 Å². The van der Waals surface area contributed by atoms with E-state index in [1.165, 1.54) is 16.7 Å². The summed E-state index contributed by atoms with van der Waals surface area (Å²) in [5.41, 5.74) is 5.81. The lowest BCUT2D eigenvalue weighted by molar-refractivity contribution is -0.117. The molecule has 0 saturated heterocycles. The summed E-state index contributed by atoms with van der Waals surface area (Å²) in [7, 11) is 0. The summed E-state index contributed by atoms with van der Waals surface area (Å²) in [6.07, 6.45) is 3.11. The molecule has 0 aromatic heterocycles. The van der Waals surface area contributed by atoms with Gasteiger partial charge in [-0.3, -0.25) is 4.79 Å². The minimum absolute atomic E-state index is 0.0186. The zero-order chi connectivity index (χ0) is 14.8. The van der Waals surface area contributed by atoms with Crippen LogP contribution >= 0.6 is 0 Å². The van der Waals surface area contributed by atoms with Gasteiger partial charge in [-0.25, -0.2) is 0 Å². The summed E-state index contributed by atoms with van der Waals surface area (Å²) >= 11 is 0. The van der Waals surface area contributed by atoms with Crippen molar-refractivity contribution in [3.8, 4) is 0 Å². The Morgan fingerprint density at radius 1 is 1.10 bits per heavy atom. The maximum atomic E-state index is 12.7. The first-order chi connectivity index (χ1) is 10.2. The number of benzene rings is 2. The lowest BCUT2D eigenvalue weighted by atomic mass is 9.82. The molecule has 1 amide bonds. The largest absolute Gasteiger partial charge is 0.325 e. The van der Waals surface area contributed by atoms with Gasteiger partial charge in [-0.2, -0.15) is 0 Å². The second-order valence-electron chi connectivity index (χ2n) is 5.88. The molecule has 0 bridgehead atoms. The van der Waals surface area contributed by atoms with E-state index < -0.39 is 0 Å². The summed E-state index contributed by atoms with van der Waals surface area (Å²) in [6.45, 7) is 4.13. The summed E-state index contributed by atoms with van der Waals surface area (Å²) in [6, 6.07) is 14.4. The quantitative estimate of drug-likeness (QED) is 0.869. The third-order valence-corrected chi connectivity index (χ3v) is 4.55. The number of hydrogen-bond donors (Lipinski definition) is 1. The number of amides is 1. The van der Waals surface area contributed by atoms with Crippen molar-refractivity contribution in [2.75, 3.05) is 5.32 Å². The molecule has 108 valence electrons. The molecule has 0 saturated carbocycles. The van der Waals surface area contributed by atoms with Crippen molar-refractivity contribution < 1.29 is 4.79 Å². The van der Waals surface area contributed by atoms with Crippen molar-refractivity contribution in [1.29, 1.82) is 0 Å². The maximum Gasteiger partial charge on any atom is 0.231 e. The van der Waals surface area contributed by atoms with E-state index in [1.54, 1.807) is 0 Å². The second-order valence-corrected chi connectivity index (χ2v) is 5.88. The predicted molar refractivity (Wildman–Crippen MR) is 86.7 cm³/mol. The van der Waals surface area contributed by atoms with Crippen molar-refractivity contribution in [3.05, 3.63) is 64.7 Å². The van der Waals surface area contributed by atoms with Gasteiger partial charge in [0.25, 0.3) is 0 Å². The molecule has 1 aliphatic carbocycles. The molecular weight excluding hydrogens is 258 g/mol. The summed E-state index contributed by atoms with van der Waals surface area (Å²) < 4.78 is 0. The van der Waals surface area contributed by atoms with E-state index in [2.05, 4.69) is 43.4 Å². The minimum atomic E-state index is -0.0186. The Labute approximate surface area is 126 Å². The highest BCUT2D eigenvalue weighted by Crippen LogP contribution is 2.32. The lowest BCUT2D eigenvalue weighted by Crippen LogP contribution is -2.25. The highest BCUT2D eigenvalue weighted by atomic mass is 16.1. The van der Waals surface area contributed by atoms with Crippen molar-refractivity contribution >= 4 is 11.6 Å². The van der Waals surface area contributed by atoms with Crippen LogP contribution in [0.3, 0.4) is 0 Å². The van der Waals surface area contributed by atoms with Crippen LogP contribution in [0.2, 0.25) is 0 Å². The molecule has 2 heteroatoms. The van der Waals surface area contributed by atoms with Crippen LogP contribution in [0.15, 0.2) is 42.5 Å². The van der Waals surface area contributed by atoms with E-state index in [0.717, 1.165) is 30.5 Å². The number of fused-ring (bicyclic) bond motifs is 1. The third kappa shape index (κ3) is 2.71. The molecule has 21 heavy (non-hydrogen) atoms. The van der Waals surface area contributed by atoms with E-state index >= 15 is 0 Å². The first-order valence-electron chi connectivity index (χ1n) is 7.61. The van der Waals surface area contributed by atoms with E-state index in [9.17, 15) is 4.79 Å². The molecule has 1 N–H and O–H groups in total. The van der Waals surface area contributed by atoms with Gasteiger partial charge in [0.15, 0.2) is 0 Å². The van der Waals surface area contributed by atoms with Crippen molar-refractivity contribution in [1.82, 2.24) is 0 Å². The Hall–Kier alpha value is -2.09. The number of aryl methyl sites for hydroxylation is 2. The van der Waals surface area contributed by atoms with Crippen LogP contribution in [0, 0.1) is 13.8 Å². The van der Waals surface area contributed by atoms with Gasteiger partial charge < -0.3 is 5.32 Å². The van der Waals surface area contributed by atoms with Crippen molar-refractivity contribution in [2.45, 2.75) is 39.0 Å². The van der Waals surface area contributed by atoms with Gasteiger partial charge in [-0.15, -0.1) is 0 Å². The number of nitrogens with one attached hydrogen (secondary N) is 1.